The SMILES string of the molecule is COc1cncc(S(=O)(=O)N2[C@@H](C)CC[C@H]2C(=O)O)c1. The van der Waals surface area contributed by atoms with Crippen molar-refractivity contribution in [1.29, 1.82) is 0 Å². The summed E-state index contributed by atoms with van der Waals surface area (Å²) in [7, 11) is -2.50. The molecule has 0 saturated carbocycles. The number of sulfonamides is 1. The Morgan fingerprint density at radius 2 is 2.15 bits per heavy atom. The highest BCUT2D eigenvalue weighted by molar-refractivity contribution is 7.89. The monoisotopic (exact) mass is 300 g/mol. The molecule has 1 aliphatic rings. The number of carbonyl (C=O) groups is 1. The first-order valence-electron chi connectivity index (χ1n) is 6.13. The summed E-state index contributed by atoms with van der Waals surface area (Å²) in [5.41, 5.74) is 0. The van der Waals surface area contributed by atoms with E-state index in [2.05, 4.69) is 4.98 Å². The van der Waals surface area contributed by atoms with E-state index in [1.54, 1.807) is 6.92 Å². The largest absolute Gasteiger partial charge is 0.495 e. The van der Waals surface area contributed by atoms with Crippen molar-refractivity contribution < 1.29 is 23.1 Å². The summed E-state index contributed by atoms with van der Waals surface area (Å²) in [6.07, 6.45) is 3.42. The molecule has 0 bridgehead atoms. The molecule has 1 aromatic heterocycles. The zero-order chi connectivity index (χ0) is 14.9. The summed E-state index contributed by atoms with van der Waals surface area (Å²) in [4.78, 5) is 15.0. The van der Waals surface area contributed by atoms with Gasteiger partial charge in [-0.25, -0.2) is 8.42 Å². The predicted molar refractivity (Wildman–Crippen MR) is 69.9 cm³/mol. The molecule has 8 heteroatoms. The van der Waals surface area contributed by atoms with Gasteiger partial charge in [-0.2, -0.15) is 4.31 Å². The molecule has 0 amide bonds. The van der Waals surface area contributed by atoms with Crippen LogP contribution in [0.5, 0.6) is 5.75 Å². The normalized spacial score (nSPS) is 23.7. The molecule has 110 valence electrons. The van der Waals surface area contributed by atoms with Gasteiger partial charge < -0.3 is 9.84 Å². The average Bonchev–Trinajstić information content (AvgIpc) is 2.81. The molecule has 0 aliphatic carbocycles. The molecule has 0 unspecified atom stereocenters. The number of carboxylic acid groups (broad SMARTS) is 1. The fraction of sp³-hybridized carbons (Fsp3) is 0.500. The third-order valence-electron chi connectivity index (χ3n) is 3.38. The highest BCUT2D eigenvalue weighted by Crippen LogP contribution is 2.31. The minimum absolute atomic E-state index is 0.0585. The van der Waals surface area contributed by atoms with Crippen LogP contribution in [0.2, 0.25) is 0 Å². The molecule has 0 radical (unpaired) electrons. The van der Waals surface area contributed by atoms with Crippen LogP contribution in [-0.2, 0) is 14.8 Å². The number of pyridine rings is 1. The molecule has 20 heavy (non-hydrogen) atoms. The molecule has 2 rings (SSSR count). The predicted octanol–water partition coefficient (Wildman–Crippen LogP) is 0.716. The second-order valence-electron chi connectivity index (χ2n) is 4.68. The van der Waals surface area contributed by atoms with Gasteiger partial charge in [-0.15, -0.1) is 0 Å². The molecule has 2 heterocycles. The maximum atomic E-state index is 12.6. The van der Waals surface area contributed by atoms with Gasteiger partial charge in [0.15, 0.2) is 0 Å². The van der Waals surface area contributed by atoms with Crippen molar-refractivity contribution in [2.75, 3.05) is 7.11 Å². The first-order valence-corrected chi connectivity index (χ1v) is 7.57. The minimum atomic E-state index is -3.90. The van der Waals surface area contributed by atoms with E-state index < -0.39 is 22.0 Å². The topological polar surface area (TPSA) is 96.8 Å². The van der Waals surface area contributed by atoms with Gasteiger partial charge in [0.2, 0.25) is 10.0 Å². The molecule has 7 nitrogen and oxygen atoms in total. The van der Waals surface area contributed by atoms with Crippen molar-refractivity contribution in [1.82, 2.24) is 9.29 Å². The van der Waals surface area contributed by atoms with E-state index in [9.17, 15) is 13.2 Å². The number of aliphatic carboxylic acids is 1. The highest BCUT2D eigenvalue weighted by atomic mass is 32.2. The summed E-state index contributed by atoms with van der Waals surface area (Å²) in [6.45, 7) is 1.70. The Labute approximate surface area is 117 Å². The Balaban J connectivity index is 2.45. The average molecular weight is 300 g/mol. The van der Waals surface area contributed by atoms with Crippen LogP contribution < -0.4 is 4.74 Å². The lowest BCUT2D eigenvalue weighted by Gasteiger charge is -2.25. The zero-order valence-corrected chi connectivity index (χ0v) is 12.0. The van der Waals surface area contributed by atoms with Gasteiger partial charge in [-0.3, -0.25) is 9.78 Å². The van der Waals surface area contributed by atoms with Crippen molar-refractivity contribution in [3.8, 4) is 5.75 Å². The number of methoxy groups -OCH3 is 1. The van der Waals surface area contributed by atoms with E-state index in [0.29, 0.717) is 18.6 Å². The van der Waals surface area contributed by atoms with Crippen LogP contribution in [-0.4, -0.2) is 48.0 Å². The maximum absolute atomic E-state index is 12.6. The van der Waals surface area contributed by atoms with Gasteiger partial charge in [0.25, 0.3) is 0 Å². The van der Waals surface area contributed by atoms with E-state index in [1.807, 2.05) is 0 Å². The van der Waals surface area contributed by atoms with E-state index in [0.717, 1.165) is 4.31 Å². The maximum Gasteiger partial charge on any atom is 0.322 e. The summed E-state index contributed by atoms with van der Waals surface area (Å²) < 4.78 is 31.2. The molecular formula is C12H16N2O5S. The van der Waals surface area contributed by atoms with E-state index >= 15 is 0 Å². The molecule has 1 saturated heterocycles. The lowest BCUT2D eigenvalue weighted by molar-refractivity contribution is -0.140. The standard InChI is InChI=1S/C12H16N2O5S/c1-8-3-4-11(12(15)16)14(8)20(17,18)10-5-9(19-2)6-13-7-10/h5-8,11H,3-4H2,1-2H3,(H,15,16)/t8-,11-/m0/s1. The van der Waals surface area contributed by atoms with Crippen LogP contribution in [0.4, 0.5) is 0 Å². The number of hydrogen-bond donors (Lipinski definition) is 1. The van der Waals surface area contributed by atoms with Gasteiger partial charge in [-0.1, -0.05) is 0 Å². The molecule has 0 aromatic carbocycles. The smallest absolute Gasteiger partial charge is 0.322 e. The van der Waals surface area contributed by atoms with E-state index in [4.69, 9.17) is 9.84 Å². The van der Waals surface area contributed by atoms with Crippen LogP contribution in [0.25, 0.3) is 0 Å². The summed E-state index contributed by atoms with van der Waals surface area (Å²) >= 11 is 0. The minimum Gasteiger partial charge on any atom is -0.495 e. The molecule has 0 spiro atoms. The lowest BCUT2D eigenvalue weighted by atomic mass is 10.2. The summed E-state index contributed by atoms with van der Waals surface area (Å²) in [5, 5.41) is 9.17. The first kappa shape index (κ1) is 14.7. The fourth-order valence-electron chi connectivity index (χ4n) is 2.37. The molecule has 2 atom stereocenters. The second kappa shape index (κ2) is 5.37. The van der Waals surface area contributed by atoms with Crippen LogP contribution in [0.1, 0.15) is 19.8 Å². The van der Waals surface area contributed by atoms with E-state index in [-0.39, 0.29) is 10.9 Å². The van der Waals surface area contributed by atoms with Crippen LogP contribution >= 0.6 is 0 Å². The molecular weight excluding hydrogens is 284 g/mol. The van der Waals surface area contributed by atoms with E-state index in [1.165, 1.54) is 25.6 Å². The van der Waals surface area contributed by atoms with Crippen LogP contribution in [0, 0.1) is 0 Å². The molecule has 1 aromatic rings. The fourth-order valence-corrected chi connectivity index (χ4v) is 4.18. The third kappa shape index (κ3) is 2.48. The van der Waals surface area contributed by atoms with Crippen LogP contribution in [0.3, 0.4) is 0 Å². The van der Waals surface area contributed by atoms with Crippen molar-refractivity contribution in [2.45, 2.75) is 36.7 Å². The zero-order valence-electron chi connectivity index (χ0n) is 11.2. The lowest BCUT2D eigenvalue weighted by Crippen LogP contribution is -2.43. The Kier molecular flexibility index (Phi) is 3.96. The number of hydrogen-bond acceptors (Lipinski definition) is 5. The number of rotatable bonds is 4. The quantitative estimate of drug-likeness (QED) is 0.880. The van der Waals surface area contributed by atoms with Gasteiger partial charge in [-0.05, 0) is 19.8 Å². The van der Waals surface area contributed by atoms with Gasteiger partial charge in [0.1, 0.15) is 16.7 Å². The molecule has 1 N–H and O–H groups in total. The number of aromatic nitrogens is 1. The molecule has 1 aliphatic heterocycles. The Morgan fingerprint density at radius 3 is 2.75 bits per heavy atom. The Hall–Kier alpha value is -1.67. The van der Waals surface area contributed by atoms with Crippen molar-refractivity contribution >= 4 is 16.0 Å². The van der Waals surface area contributed by atoms with Gasteiger partial charge >= 0.3 is 5.97 Å². The van der Waals surface area contributed by atoms with Crippen molar-refractivity contribution in [3.63, 3.8) is 0 Å². The Bertz CT molecular complexity index is 616. The van der Waals surface area contributed by atoms with Crippen LogP contribution in [0.15, 0.2) is 23.4 Å². The molecule has 1 fully saturated rings. The summed E-state index contributed by atoms with van der Waals surface area (Å²) in [6, 6.07) is -0.0414. The van der Waals surface area contributed by atoms with Gasteiger partial charge in [0, 0.05) is 18.3 Å². The highest BCUT2D eigenvalue weighted by Gasteiger charge is 2.44. The number of carboxylic acids is 1. The third-order valence-corrected chi connectivity index (χ3v) is 5.37. The van der Waals surface area contributed by atoms with Crippen molar-refractivity contribution in [2.24, 2.45) is 0 Å². The first-order chi connectivity index (χ1) is 9.37. The second-order valence-corrected chi connectivity index (χ2v) is 6.52. The van der Waals surface area contributed by atoms with Gasteiger partial charge in [0.05, 0.1) is 13.3 Å². The number of ether oxygens (including phenoxy) is 1. The summed E-state index contributed by atoms with van der Waals surface area (Å²) in [5.74, 6) is -0.821. The van der Waals surface area contributed by atoms with Crippen molar-refractivity contribution in [3.05, 3.63) is 18.5 Å². The number of nitrogens with zero attached hydrogens (tertiary/aromatic N) is 2. The Morgan fingerprint density at radius 1 is 1.45 bits per heavy atom.